The predicted molar refractivity (Wildman–Crippen MR) is 54.3 cm³/mol. The van der Waals surface area contributed by atoms with E-state index < -0.39 is 10.8 Å². The minimum absolute atomic E-state index is 0.208. The molecule has 16 heavy (non-hydrogen) atoms. The number of hydrogen-bond acceptors (Lipinski definition) is 4. The van der Waals surface area contributed by atoms with E-state index in [1.807, 2.05) is 0 Å². The van der Waals surface area contributed by atoms with Gasteiger partial charge in [-0.25, -0.2) is 0 Å². The van der Waals surface area contributed by atoms with E-state index in [1.165, 1.54) is 14.2 Å². The summed E-state index contributed by atoms with van der Waals surface area (Å²) in [5.74, 6) is 0.636. The summed E-state index contributed by atoms with van der Waals surface area (Å²) in [6.45, 7) is 0. The molecule has 0 aromatic rings. The van der Waals surface area contributed by atoms with Crippen molar-refractivity contribution in [2.24, 2.45) is 22.7 Å². The standard InChI is InChI=1S/C12H16O4/c1-15-9(13)11-3-7-5-12(11,10(14)16-2)6-8(7)4-11/h7-8H,3-6H2,1-2H3. The van der Waals surface area contributed by atoms with Gasteiger partial charge in [-0.1, -0.05) is 0 Å². The molecular formula is C12H16O4. The van der Waals surface area contributed by atoms with Crippen molar-refractivity contribution < 1.29 is 19.1 Å². The third kappa shape index (κ3) is 0.803. The molecule has 0 radical (unpaired) electrons. The minimum Gasteiger partial charge on any atom is -0.469 e. The van der Waals surface area contributed by atoms with Crippen molar-refractivity contribution in [2.45, 2.75) is 25.7 Å². The van der Waals surface area contributed by atoms with E-state index >= 15 is 0 Å². The Bertz CT molecular complexity index is 325. The Morgan fingerprint density at radius 1 is 0.875 bits per heavy atom. The van der Waals surface area contributed by atoms with E-state index in [2.05, 4.69) is 0 Å². The molecule has 0 aliphatic heterocycles. The molecule has 4 fully saturated rings. The van der Waals surface area contributed by atoms with Crippen LogP contribution in [0.2, 0.25) is 0 Å². The molecule has 4 aliphatic rings. The van der Waals surface area contributed by atoms with Crippen LogP contribution < -0.4 is 0 Å². The molecule has 0 atom stereocenters. The fraction of sp³-hybridized carbons (Fsp3) is 0.833. The van der Waals surface area contributed by atoms with Gasteiger partial charge < -0.3 is 9.47 Å². The second kappa shape index (κ2) is 2.79. The van der Waals surface area contributed by atoms with Crippen molar-refractivity contribution in [1.82, 2.24) is 0 Å². The Labute approximate surface area is 94.3 Å². The first-order valence-electron chi connectivity index (χ1n) is 5.76. The van der Waals surface area contributed by atoms with Gasteiger partial charge in [0.15, 0.2) is 0 Å². The van der Waals surface area contributed by atoms with Crippen molar-refractivity contribution in [3.8, 4) is 0 Å². The van der Waals surface area contributed by atoms with Crippen molar-refractivity contribution in [2.75, 3.05) is 14.2 Å². The van der Waals surface area contributed by atoms with Gasteiger partial charge in [0.2, 0.25) is 0 Å². The predicted octanol–water partition coefficient (Wildman–Crippen LogP) is 1.14. The van der Waals surface area contributed by atoms with E-state index in [1.54, 1.807) is 0 Å². The normalized spacial score (nSPS) is 47.4. The lowest BCUT2D eigenvalue weighted by atomic mass is 9.68. The summed E-state index contributed by atoms with van der Waals surface area (Å²) >= 11 is 0. The van der Waals surface area contributed by atoms with Gasteiger partial charge in [-0.3, -0.25) is 9.59 Å². The zero-order valence-electron chi connectivity index (χ0n) is 9.62. The summed E-state index contributed by atoms with van der Waals surface area (Å²) in [4.78, 5) is 24.1. The van der Waals surface area contributed by atoms with Gasteiger partial charge >= 0.3 is 11.9 Å². The maximum atomic E-state index is 12.0. The first kappa shape index (κ1) is 10.1. The quantitative estimate of drug-likeness (QED) is 0.660. The second-order valence-electron chi connectivity index (χ2n) is 5.48. The van der Waals surface area contributed by atoms with Crippen LogP contribution in [0.3, 0.4) is 0 Å². The molecule has 0 aromatic heterocycles. The average molecular weight is 224 g/mol. The maximum Gasteiger partial charge on any atom is 0.312 e. The van der Waals surface area contributed by atoms with Crippen LogP contribution in [0.25, 0.3) is 0 Å². The topological polar surface area (TPSA) is 52.6 Å². The number of carbonyl (C=O) groups excluding carboxylic acids is 2. The molecule has 0 heterocycles. The zero-order chi connectivity index (χ0) is 11.6. The molecule has 0 unspecified atom stereocenters. The number of hydrogen-bond donors (Lipinski definition) is 0. The number of methoxy groups -OCH3 is 2. The molecule has 0 saturated heterocycles. The van der Waals surface area contributed by atoms with Gasteiger partial charge in [-0.05, 0) is 37.5 Å². The molecule has 0 amide bonds. The van der Waals surface area contributed by atoms with Gasteiger partial charge in [0, 0.05) is 0 Å². The SMILES string of the molecule is COC(=O)C12CC3CC1(C(=O)OC)CC3C2. The molecule has 0 aromatic carbocycles. The van der Waals surface area contributed by atoms with Crippen LogP contribution in [0.4, 0.5) is 0 Å². The highest BCUT2D eigenvalue weighted by Crippen LogP contribution is 2.77. The molecule has 0 N–H and O–H groups in total. The average Bonchev–Trinajstić information content (AvgIpc) is 2.97. The van der Waals surface area contributed by atoms with Gasteiger partial charge in [-0.2, -0.15) is 0 Å². The molecule has 4 bridgehead atoms. The fourth-order valence-corrected chi connectivity index (χ4v) is 4.66. The summed E-state index contributed by atoms with van der Waals surface area (Å²) < 4.78 is 9.85. The van der Waals surface area contributed by atoms with Gasteiger partial charge in [-0.15, -0.1) is 0 Å². The van der Waals surface area contributed by atoms with Crippen LogP contribution in [0.1, 0.15) is 25.7 Å². The van der Waals surface area contributed by atoms with E-state index in [9.17, 15) is 9.59 Å². The van der Waals surface area contributed by atoms with Crippen molar-refractivity contribution in [3.05, 3.63) is 0 Å². The Hall–Kier alpha value is -1.06. The first-order valence-corrected chi connectivity index (χ1v) is 5.76. The second-order valence-corrected chi connectivity index (χ2v) is 5.48. The van der Waals surface area contributed by atoms with Crippen LogP contribution >= 0.6 is 0 Å². The molecule has 88 valence electrons. The van der Waals surface area contributed by atoms with Crippen LogP contribution in [0, 0.1) is 22.7 Å². The van der Waals surface area contributed by atoms with Crippen LogP contribution in [0.15, 0.2) is 0 Å². The highest BCUT2D eigenvalue weighted by Gasteiger charge is 2.78. The third-order valence-corrected chi connectivity index (χ3v) is 5.18. The monoisotopic (exact) mass is 224 g/mol. The summed E-state index contributed by atoms with van der Waals surface area (Å²) in [5.41, 5.74) is -1.13. The zero-order valence-corrected chi connectivity index (χ0v) is 9.62. The Kier molecular flexibility index (Phi) is 1.76. The van der Waals surface area contributed by atoms with Crippen molar-refractivity contribution in [1.29, 1.82) is 0 Å². The summed E-state index contributed by atoms with van der Waals surface area (Å²) in [6.07, 6.45) is 3.28. The van der Waals surface area contributed by atoms with Crippen molar-refractivity contribution >= 4 is 11.9 Å². The van der Waals surface area contributed by atoms with E-state index in [-0.39, 0.29) is 11.9 Å². The molecular weight excluding hydrogens is 208 g/mol. The highest BCUT2D eigenvalue weighted by atomic mass is 16.5. The minimum atomic E-state index is -0.565. The third-order valence-electron chi connectivity index (χ3n) is 5.18. The van der Waals surface area contributed by atoms with Gasteiger partial charge in [0.1, 0.15) is 0 Å². The molecule has 4 heteroatoms. The van der Waals surface area contributed by atoms with Crippen molar-refractivity contribution in [3.63, 3.8) is 0 Å². The fourth-order valence-electron chi connectivity index (χ4n) is 4.66. The van der Waals surface area contributed by atoms with Gasteiger partial charge in [0.25, 0.3) is 0 Å². The molecule has 4 aliphatic carbocycles. The summed E-state index contributed by atoms with van der Waals surface area (Å²) in [5, 5.41) is 0. The first-order chi connectivity index (χ1) is 7.59. The molecule has 4 nitrogen and oxygen atoms in total. The van der Waals surface area contributed by atoms with Crippen LogP contribution in [-0.2, 0) is 19.1 Å². The van der Waals surface area contributed by atoms with E-state index in [0.29, 0.717) is 11.8 Å². The number of ether oxygens (including phenoxy) is 2. The lowest BCUT2D eigenvalue weighted by molar-refractivity contribution is -0.172. The Morgan fingerprint density at radius 3 is 1.44 bits per heavy atom. The maximum absolute atomic E-state index is 12.0. The van der Waals surface area contributed by atoms with Crippen LogP contribution in [0.5, 0.6) is 0 Å². The Balaban J connectivity index is 2.07. The lowest BCUT2D eigenvalue weighted by Crippen LogP contribution is -2.46. The van der Waals surface area contributed by atoms with E-state index in [4.69, 9.17) is 9.47 Å². The van der Waals surface area contributed by atoms with E-state index in [0.717, 1.165) is 25.7 Å². The Morgan fingerprint density at radius 2 is 1.19 bits per heavy atom. The lowest BCUT2D eigenvalue weighted by Gasteiger charge is -2.35. The van der Waals surface area contributed by atoms with Crippen LogP contribution in [-0.4, -0.2) is 26.2 Å². The summed E-state index contributed by atoms with van der Waals surface area (Å²) in [7, 11) is 2.82. The largest absolute Gasteiger partial charge is 0.469 e. The molecule has 4 rings (SSSR count). The smallest absolute Gasteiger partial charge is 0.312 e. The number of rotatable bonds is 2. The van der Waals surface area contributed by atoms with Gasteiger partial charge in [0.05, 0.1) is 25.0 Å². The molecule has 4 saturated carbocycles. The summed E-state index contributed by atoms with van der Waals surface area (Å²) in [6, 6.07) is 0. The molecule has 0 spiro atoms. The number of esters is 2. The number of carbonyl (C=O) groups is 2. The highest BCUT2D eigenvalue weighted by molar-refractivity contribution is 5.91.